The van der Waals surface area contributed by atoms with Gasteiger partial charge in [0.1, 0.15) is 11.3 Å². The van der Waals surface area contributed by atoms with Crippen LogP contribution in [-0.4, -0.2) is 42.9 Å². The number of halogens is 4. The van der Waals surface area contributed by atoms with Crippen molar-refractivity contribution in [2.45, 2.75) is 30.7 Å². The van der Waals surface area contributed by atoms with Gasteiger partial charge in [-0.05, 0) is 42.5 Å². The van der Waals surface area contributed by atoms with Crippen LogP contribution in [-0.2, 0) is 21.5 Å². The lowest BCUT2D eigenvalue weighted by molar-refractivity contribution is -0.274. The molecule has 0 amide bonds. The van der Waals surface area contributed by atoms with Crippen LogP contribution in [0.2, 0.25) is 5.02 Å². The van der Waals surface area contributed by atoms with Crippen molar-refractivity contribution in [3.8, 4) is 5.75 Å². The summed E-state index contributed by atoms with van der Waals surface area (Å²) in [6.07, 6.45) is -4.16. The molecule has 2 aromatic carbocycles. The SMILES string of the molecule is O=S(=O)(c1ccc(OC(F)(F)F)cc1)N1CCC(=NOCc2nc3cc(Cl)ccc3o2)CC1. The molecular formula is C20H17ClF3N3O5S. The van der Waals surface area contributed by atoms with Crippen molar-refractivity contribution in [3.05, 3.63) is 53.4 Å². The van der Waals surface area contributed by atoms with Gasteiger partial charge in [0.15, 0.2) is 12.2 Å². The number of sulfonamides is 1. The van der Waals surface area contributed by atoms with E-state index in [1.807, 2.05) is 0 Å². The molecular weight excluding hydrogens is 487 g/mol. The quantitative estimate of drug-likeness (QED) is 0.451. The van der Waals surface area contributed by atoms with E-state index in [1.165, 1.54) is 4.31 Å². The third-order valence-electron chi connectivity index (χ3n) is 4.77. The minimum atomic E-state index is -4.85. The van der Waals surface area contributed by atoms with Gasteiger partial charge in [0.05, 0.1) is 10.6 Å². The molecule has 1 aromatic heterocycles. The van der Waals surface area contributed by atoms with Crippen LogP contribution in [0.1, 0.15) is 18.7 Å². The highest BCUT2D eigenvalue weighted by Gasteiger charge is 2.32. The second-order valence-electron chi connectivity index (χ2n) is 7.07. The minimum absolute atomic E-state index is 0.00412. The molecule has 4 rings (SSSR count). The fourth-order valence-electron chi connectivity index (χ4n) is 3.23. The number of hydrogen-bond acceptors (Lipinski definition) is 7. The lowest BCUT2D eigenvalue weighted by atomic mass is 10.1. The summed E-state index contributed by atoms with van der Waals surface area (Å²) >= 11 is 5.92. The van der Waals surface area contributed by atoms with E-state index in [2.05, 4.69) is 14.9 Å². The number of ether oxygens (including phenoxy) is 1. The highest BCUT2D eigenvalue weighted by Crippen LogP contribution is 2.26. The lowest BCUT2D eigenvalue weighted by Gasteiger charge is -2.26. The molecule has 0 radical (unpaired) electrons. The van der Waals surface area contributed by atoms with E-state index in [4.69, 9.17) is 20.9 Å². The predicted octanol–water partition coefficient (Wildman–Crippen LogP) is 4.74. The van der Waals surface area contributed by atoms with Crippen molar-refractivity contribution in [3.63, 3.8) is 0 Å². The molecule has 8 nitrogen and oxygen atoms in total. The average Bonchev–Trinajstić information content (AvgIpc) is 3.15. The number of oxime groups is 1. The monoisotopic (exact) mass is 503 g/mol. The Morgan fingerprint density at radius 1 is 1.12 bits per heavy atom. The summed E-state index contributed by atoms with van der Waals surface area (Å²) in [5.74, 6) is -0.164. The predicted molar refractivity (Wildman–Crippen MR) is 112 cm³/mol. The Morgan fingerprint density at radius 2 is 1.82 bits per heavy atom. The Kier molecular flexibility index (Phi) is 6.50. The maximum absolute atomic E-state index is 12.8. The van der Waals surface area contributed by atoms with Crippen LogP contribution < -0.4 is 4.74 Å². The van der Waals surface area contributed by atoms with E-state index in [0.717, 1.165) is 24.3 Å². The highest BCUT2D eigenvalue weighted by atomic mass is 35.5. The van der Waals surface area contributed by atoms with E-state index in [1.54, 1.807) is 18.2 Å². The van der Waals surface area contributed by atoms with Gasteiger partial charge >= 0.3 is 6.36 Å². The molecule has 0 N–H and O–H groups in total. The van der Waals surface area contributed by atoms with Crippen LogP contribution in [0, 0.1) is 0 Å². The van der Waals surface area contributed by atoms with Gasteiger partial charge in [-0.25, -0.2) is 13.4 Å². The maximum Gasteiger partial charge on any atom is 0.573 e. The van der Waals surface area contributed by atoms with E-state index < -0.39 is 22.1 Å². The Balaban J connectivity index is 1.32. The summed E-state index contributed by atoms with van der Waals surface area (Å²) in [6.45, 7) is 0.323. The van der Waals surface area contributed by atoms with E-state index in [-0.39, 0.29) is 24.6 Å². The van der Waals surface area contributed by atoms with Crippen LogP contribution in [0.3, 0.4) is 0 Å². The largest absolute Gasteiger partial charge is 0.573 e. The highest BCUT2D eigenvalue weighted by molar-refractivity contribution is 7.89. The smallest absolute Gasteiger partial charge is 0.437 e. The Bertz CT molecular complexity index is 1270. The van der Waals surface area contributed by atoms with Gasteiger partial charge in [-0.2, -0.15) is 4.31 Å². The molecule has 1 aliphatic rings. The first-order chi connectivity index (χ1) is 15.6. The molecule has 1 saturated heterocycles. The molecule has 13 heteroatoms. The fraction of sp³-hybridized carbons (Fsp3) is 0.300. The zero-order valence-electron chi connectivity index (χ0n) is 16.9. The van der Waals surface area contributed by atoms with Crippen molar-refractivity contribution < 1.29 is 35.6 Å². The number of oxazole rings is 1. The molecule has 1 aliphatic heterocycles. The third-order valence-corrected chi connectivity index (χ3v) is 6.92. The summed E-state index contributed by atoms with van der Waals surface area (Å²) in [6, 6.07) is 9.14. The van der Waals surface area contributed by atoms with Crippen molar-refractivity contribution in [2.75, 3.05) is 13.1 Å². The topological polar surface area (TPSA) is 94.2 Å². The standard InChI is InChI=1S/C20H17ClF3N3O5S/c21-13-1-6-18-17(11-13)25-19(31-18)12-30-26-14-7-9-27(10-8-14)33(28,29)16-4-2-15(3-5-16)32-20(22,23)24/h1-6,11H,7-10,12H2. The Hall–Kier alpha value is -2.83. The number of nitrogens with zero attached hydrogens (tertiary/aromatic N) is 3. The summed E-state index contributed by atoms with van der Waals surface area (Å²) in [4.78, 5) is 9.44. The number of aromatic nitrogens is 1. The van der Waals surface area contributed by atoms with Crippen LogP contribution in [0.5, 0.6) is 5.75 Å². The van der Waals surface area contributed by atoms with Crippen molar-refractivity contribution in [1.29, 1.82) is 0 Å². The molecule has 0 aliphatic carbocycles. The van der Waals surface area contributed by atoms with Crippen LogP contribution in [0.25, 0.3) is 11.1 Å². The number of piperidine rings is 1. The van der Waals surface area contributed by atoms with Gasteiger partial charge in [-0.1, -0.05) is 16.8 Å². The van der Waals surface area contributed by atoms with Crippen LogP contribution >= 0.6 is 11.6 Å². The molecule has 2 heterocycles. The number of hydrogen-bond donors (Lipinski definition) is 0. The van der Waals surface area contributed by atoms with Gasteiger partial charge < -0.3 is 14.0 Å². The average molecular weight is 504 g/mol. The second-order valence-corrected chi connectivity index (χ2v) is 9.45. The van der Waals surface area contributed by atoms with Crippen LogP contribution in [0.4, 0.5) is 13.2 Å². The van der Waals surface area contributed by atoms with Gasteiger partial charge in [-0.3, -0.25) is 0 Å². The van der Waals surface area contributed by atoms with E-state index in [0.29, 0.717) is 40.6 Å². The van der Waals surface area contributed by atoms with Gasteiger partial charge in [0, 0.05) is 31.0 Å². The number of fused-ring (bicyclic) bond motifs is 1. The first-order valence-corrected chi connectivity index (χ1v) is 11.5. The van der Waals surface area contributed by atoms with E-state index >= 15 is 0 Å². The Labute approximate surface area is 191 Å². The molecule has 0 atom stereocenters. The summed E-state index contributed by atoms with van der Waals surface area (Å²) in [7, 11) is -3.86. The van der Waals surface area contributed by atoms with Crippen molar-refractivity contribution in [1.82, 2.24) is 9.29 Å². The molecule has 176 valence electrons. The zero-order chi connectivity index (χ0) is 23.6. The maximum atomic E-state index is 12.8. The molecule has 0 unspecified atom stereocenters. The second kappa shape index (κ2) is 9.20. The normalized spacial score (nSPS) is 15.6. The summed E-state index contributed by atoms with van der Waals surface area (Å²) in [5, 5.41) is 4.58. The van der Waals surface area contributed by atoms with Gasteiger partial charge in [-0.15, -0.1) is 13.2 Å². The molecule has 3 aromatic rings. The summed E-state index contributed by atoms with van der Waals surface area (Å²) in [5.41, 5.74) is 1.85. The Morgan fingerprint density at radius 3 is 2.48 bits per heavy atom. The number of alkyl halides is 3. The summed E-state index contributed by atoms with van der Waals surface area (Å²) < 4.78 is 72.9. The molecule has 33 heavy (non-hydrogen) atoms. The molecule has 0 spiro atoms. The first-order valence-electron chi connectivity index (χ1n) is 9.69. The number of benzene rings is 2. The lowest BCUT2D eigenvalue weighted by Crippen LogP contribution is -2.38. The van der Waals surface area contributed by atoms with Gasteiger partial charge in [0.25, 0.3) is 0 Å². The van der Waals surface area contributed by atoms with E-state index in [9.17, 15) is 21.6 Å². The molecule has 0 saturated carbocycles. The first kappa shape index (κ1) is 23.3. The minimum Gasteiger partial charge on any atom is -0.437 e. The van der Waals surface area contributed by atoms with Crippen molar-refractivity contribution >= 4 is 38.4 Å². The van der Waals surface area contributed by atoms with Crippen molar-refractivity contribution in [2.24, 2.45) is 5.16 Å². The number of rotatable bonds is 6. The molecule has 0 bridgehead atoms. The third kappa shape index (κ3) is 5.75. The van der Waals surface area contributed by atoms with Crippen LogP contribution in [0.15, 0.2) is 56.9 Å². The van der Waals surface area contributed by atoms with Gasteiger partial charge in [0.2, 0.25) is 15.9 Å². The zero-order valence-corrected chi connectivity index (χ0v) is 18.5. The fourth-order valence-corrected chi connectivity index (χ4v) is 4.83. The molecule has 1 fully saturated rings.